The Bertz CT molecular complexity index is 649. The third-order valence-electron chi connectivity index (χ3n) is 3.92. The van der Waals surface area contributed by atoms with E-state index < -0.39 is 10.0 Å². The van der Waals surface area contributed by atoms with Crippen LogP contribution in [0, 0.1) is 24.2 Å². The molecule has 0 amide bonds. The van der Waals surface area contributed by atoms with E-state index in [9.17, 15) is 13.7 Å². The molecule has 0 aliphatic carbocycles. The fraction of sp³-hybridized carbons (Fsp3) is 0.533. The van der Waals surface area contributed by atoms with Gasteiger partial charge in [-0.3, -0.25) is 0 Å². The van der Waals surface area contributed by atoms with E-state index in [1.807, 2.05) is 25.1 Å². The van der Waals surface area contributed by atoms with Gasteiger partial charge in [-0.1, -0.05) is 12.1 Å². The highest BCUT2D eigenvalue weighted by atomic mass is 32.2. The highest BCUT2D eigenvalue weighted by Crippen LogP contribution is 2.22. The zero-order valence-electron chi connectivity index (χ0n) is 12.5. The average molecular weight is 307 g/mol. The van der Waals surface area contributed by atoms with Crippen molar-refractivity contribution in [2.45, 2.75) is 19.8 Å². The van der Waals surface area contributed by atoms with E-state index in [2.05, 4.69) is 11.4 Å². The van der Waals surface area contributed by atoms with Gasteiger partial charge in [-0.2, -0.15) is 5.26 Å². The molecule has 0 bridgehead atoms. The maximum absolute atomic E-state index is 11.6. The first-order valence-corrected chi connectivity index (χ1v) is 8.95. The molecule has 1 aromatic rings. The van der Waals surface area contributed by atoms with Gasteiger partial charge in [-0.15, -0.1) is 0 Å². The van der Waals surface area contributed by atoms with Crippen molar-refractivity contribution in [1.82, 2.24) is 4.31 Å². The van der Waals surface area contributed by atoms with Crippen LogP contribution in [0.5, 0.6) is 0 Å². The fourth-order valence-electron chi connectivity index (χ4n) is 2.71. The molecule has 0 radical (unpaired) electrons. The Morgan fingerprint density at radius 2 is 2.24 bits per heavy atom. The maximum atomic E-state index is 11.6. The van der Waals surface area contributed by atoms with E-state index in [-0.39, 0.29) is 5.92 Å². The summed E-state index contributed by atoms with van der Waals surface area (Å²) in [5, 5.41) is 12.5. The van der Waals surface area contributed by atoms with E-state index in [0.717, 1.165) is 24.1 Å². The standard InChI is InChI=1S/C15H21N3O2S/c1-12-5-3-7-15(14(12)9-16)17-10-13-6-4-8-18(11-13)21(2,19)20/h3,5,7,13,17H,4,6,8,10-11H2,1-2H3. The molecule has 1 saturated heterocycles. The molecule has 1 N–H and O–H groups in total. The van der Waals surface area contributed by atoms with Crippen LogP contribution < -0.4 is 5.32 Å². The minimum atomic E-state index is -3.11. The Balaban J connectivity index is 2.01. The number of nitrogens with zero attached hydrogens (tertiary/aromatic N) is 2. The molecular formula is C15H21N3O2S. The lowest BCUT2D eigenvalue weighted by molar-refractivity contribution is 0.277. The number of anilines is 1. The number of rotatable bonds is 4. The number of nitrogens with one attached hydrogen (secondary N) is 1. The minimum absolute atomic E-state index is 0.278. The number of benzene rings is 1. The zero-order chi connectivity index (χ0) is 15.5. The van der Waals surface area contributed by atoms with Gasteiger partial charge in [-0.25, -0.2) is 12.7 Å². The lowest BCUT2D eigenvalue weighted by atomic mass is 9.99. The summed E-state index contributed by atoms with van der Waals surface area (Å²) in [5.74, 6) is 0.278. The van der Waals surface area contributed by atoms with Crippen LogP contribution >= 0.6 is 0 Å². The molecule has 0 aromatic heterocycles. The second kappa shape index (κ2) is 6.46. The second-order valence-corrected chi connectivity index (χ2v) is 7.60. The maximum Gasteiger partial charge on any atom is 0.211 e. The molecule has 5 nitrogen and oxygen atoms in total. The van der Waals surface area contributed by atoms with Crippen molar-refractivity contribution in [3.05, 3.63) is 29.3 Å². The van der Waals surface area contributed by atoms with Crippen molar-refractivity contribution in [1.29, 1.82) is 5.26 Å². The van der Waals surface area contributed by atoms with Crippen molar-refractivity contribution in [2.24, 2.45) is 5.92 Å². The van der Waals surface area contributed by atoms with Crippen molar-refractivity contribution in [3.63, 3.8) is 0 Å². The van der Waals surface area contributed by atoms with Crippen LogP contribution in [0.2, 0.25) is 0 Å². The summed E-state index contributed by atoms with van der Waals surface area (Å²) in [7, 11) is -3.11. The minimum Gasteiger partial charge on any atom is -0.384 e. The predicted molar refractivity (Wildman–Crippen MR) is 83.5 cm³/mol. The Labute approximate surface area is 126 Å². The topological polar surface area (TPSA) is 73.2 Å². The summed E-state index contributed by atoms with van der Waals surface area (Å²) in [6.45, 7) is 3.77. The third-order valence-corrected chi connectivity index (χ3v) is 5.19. The molecule has 6 heteroatoms. The molecule has 1 heterocycles. The Morgan fingerprint density at radius 1 is 1.48 bits per heavy atom. The summed E-state index contributed by atoms with van der Waals surface area (Å²) in [4.78, 5) is 0. The van der Waals surface area contributed by atoms with Gasteiger partial charge in [0.2, 0.25) is 10.0 Å². The molecule has 2 rings (SSSR count). The molecule has 1 aliphatic heterocycles. The highest BCUT2D eigenvalue weighted by Gasteiger charge is 2.25. The van der Waals surface area contributed by atoms with Crippen LogP contribution in [0.15, 0.2) is 18.2 Å². The lowest BCUT2D eigenvalue weighted by Crippen LogP contribution is -2.41. The third kappa shape index (κ3) is 3.96. The summed E-state index contributed by atoms with van der Waals surface area (Å²) in [6, 6.07) is 7.94. The Kier molecular flexibility index (Phi) is 4.86. The monoisotopic (exact) mass is 307 g/mol. The highest BCUT2D eigenvalue weighted by molar-refractivity contribution is 7.88. The predicted octanol–water partition coefficient (Wildman–Crippen LogP) is 1.95. The van der Waals surface area contributed by atoms with Gasteiger partial charge in [0.05, 0.1) is 17.5 Å². The molecule has 0 saturated carbocycles. The first-order valence-electron chi connectivity index (χ1n) is 7.10. The van der Waals surface area contributed by atoms with Crippen LogP contribution in [0.25, 0.3) is 0 Å². The summed E-state index contributed by atoms with van der Waals surface area (Å²) in [6.07, 6.45) is 3.15. The smallest absolute Gasteiger partial charge is 0.211 e. The van der Waals surface area contributed by atoms with Gasteiger partial charge in [0, 0.05) is 19.6 Å². The van der Waals surface area contributed by atoms with E-state index in [1.54, 1.807) is 4.31 Å². The molecule has 21 heavy (non-hydrogen) atoms. The average Bonchev–Trinajstić information content (AvgIpc) is 2.44. The summed E-state index contributed by atoms with van der Waals surface area (Å²) in [5.41, 5.74) is 2.44. The van der Waals surface area contributed by atoms with Crippen molar-refractivity contribution in [2.75, 3.05) is 31.2 Å². The normalized spacial score (nSPS) is 20.0. The van der Waals surface area contributed by atoms with E-state index in [1.165, 1.54) is 6.26 Å². The number of sulfonamides is 1. The summed E-state index contributed by atoms with van der Waals surface area (Å²) < 4.78 is 24.8. The quantitative estimate of drug-likeness (QED) is 0.922. The first kappa shape index (κ1) is 15.8. The SMILES string of the molecule is Cc1cccc(NCC2CCCN(S(C)(=O)=O)C2)c1C#N. The van der Waals surface area contributed by atoms with Gasteiger partial charge in [-0.05, 0) is 37.3 Å². The van der Waals surface area contributed by atoms with Gasteiger partial charge in [0.1, 0.15) is 6.07 Å². The van der Waals surface area contributed by atoms with Crippen molar-refractivity contribution < 1.29 is 8.42 Å². The van der Waals surface area contributed by atoms with Crippen molar-refractivity contribution in [3.8, 4) is 6.07 Å². The zero-order valence-corrected chi connectivity index (χ0v) is 13.3. The van der Waals surface area contributed by atoms with Gasteiger partial charge in [0.25, 0.3) is 0 Å². The van der Waals surface area contributed by atoms with Crippen LogP contribution in [-0.2, 0) is 10.0 Å². The molecule has 1 atom stereocenters. The summed E-state index contributed by atoms with van der Waals surface area (Å²) >= 11 is 0. The van der Waals surface area contributed by atoms with Crippen LogP contribution in [0.4, 0.5) is 5.69 Å². The first-order chi connectivity index (χ1) is 9.91. The molecule has 114 valence electrons. The van der Waals surface area contributed by atoms with E-state index in [4.69, 9.17) is 0 Å². The molecule has 1 fully saturated rings. The van der Waals surface area contributed by atoms with E-state index in [0.29, 0.717) is 25.2 Å². The Morgan fingerprint density at radius 3 is 2.90 bits per heavy atom. The molecule has 1 unspecified atom stereocenters. The van der Waals surface area contributed by atoms with Crippen molar-refractivity contribution >= 4 is 15.7 Å². The number of hydrogen-bond donors (Lipinski definition) is 1. The number of nitriles is 1. The fourth-order valence-corrected chi connectivity index (χ4v) is 3.65. The largest absolute Gasteiger partial charge is 0.384 e. The van der Waals surface area contributed by atoms with Gasteiger partial charge >= 0.3 is 0 Å². The molecular weight excluding hydrogens is 286 g/mol. The second-order valence-electron chi connectivity index (χ2n) is 5.62. The molecule has 0 spiro atoms. The number of piperidine rings is 1. The van der Waals surface area contributed by atoms with Gasteiger partial charge < -0.3 is 5.32 Å². The molecule has 1 aliphatic rings. The van der Waals surface area contributed by atoms with E-state index >= 15 is 0 Å². The van der Waals surface area contributed by atoms with Crippen LogP contribution in [0.3, 0.4) is 0 Å². The van der Waals surface area contributed by atoms with Crippen LogP contribution in [-0.4, -0.2) is 38.6 Å². The number of aryl methyl sites for hydroxylation is 1. The van der Waals surface area contributed by atoms with Crippen LogP contribution in [0.1, 0.15) is 24.0 Å². The lowest BCUT2D eigenvalue weighted by Gasteiger charge is -2.31. The molecule has 1 aromatic carbocycles. The number of hydrogen-bond acceptors (Lipinski definition) is 4. The van der Waals surface area contributed by atoms with Gasteiger partial charge in [0.15, 0.2) is 0 Å². The Hall–Kier alpha value is -1.58.